The Morgan fingerprint density at radius 2 is 1.84 bits per heavy atom. The Hall–Kier alpha value is -4.39. The average Bonchev–Trinajstić information content (AvgIpc) is 3.33. The van der Waals surface area contributed by atoms with E-state index in [1.807, 2.05) is 23.6 Å². The van der Waals surface area contributed by atoms with E-state index in [1.54, 1.807) is 13.2 Å². The monoisotopic (exact) mass is 454 g/mol. The highest BCUT2D eigenvalue weighted by molar-refractivity contribution is 7.15. The molecule has 0 fully saturated rings. The Morgan fingerprint density at radius 3 is 2.47 bits per heavy atom. The minimum absolute atomic E-state index is 0.0446. The lowest BCUT2D eigenvalue weighted by Crippen LogP contribution is -2.14. The Labute approximate surface area is 183 Å². The number of ether oxygens (including phenoxy) is 1. The van der Waals surface area contributed by atoms with Crippen molar-refractivity contribution in [3.63, 3.8) is 0 Å². The molecule has 0 atom stereocenters. The summed E-state index contributed by atoms with van der Waals surface area (Å²) in [5.41, 5.74) is 0.105. The quantitative estimate of drug-likeness (QED) is 0.340. The molecular weight excluding hydrogens is 440 g/mol. The van der Waals surface area contributed by atoms with Gasteiger partial charge in [0.15, 0.2) is 0 Å². The van der Waals surface area contributed by atoms with Crippen molar-refractivity contribution < 1.29 is 19.4 Å². The molecule has 0 aliphatic carbocycles. The summed E-state index contributed by atoms with van der Waals surface area (Å²) in [6, 6.07) is 9.30. The van der Waals surface area contributed by atoms with Gasteiger partial charge in [-0.3, -0.25) is 30.3 Å². The van der Waals surface area contributed by atoms with Gasteiger partial charge in [0.1, 0.15) is 11.3 Å². The fraction of sp³-hybridized carbons (Fsp3) is 0.105. The van der Waals surface area contributed by atoms with E-state index in [1.165, 1.54) is 22.8 Å². The van der Waals surface area contributed by atoms with Crippen LogP contribution in [0.15, 0.2) is 41.8 Å². The largest absolute Gasteiger partial charge is 0.497 e. The van der Waals surface area contributed by atoms with E-state index in [2.05, 4.69) is 15.4 Å². The minimum Gasteiger partial charge on any atom is -0.497 e. The topological polar surface area (TPSA) is 155 Å². The molecule has 13 heteroatoms. The molecule has 32 heavy (non-hydrogen) atoms. The van der Waals surface area contributed by atoms with Gasteiger partial charge >= 0.3 is 0 Å². The number of methoxy groups -OCH3 is 1. The highest BCUT2D eigenvalue weighted by Gasteiger charge is 2.26. The predicted molar refractivity (Wildman–Crippen MR) is 115 cm³/mol. The molecule has 4 aromatic rings. The van der Waals surface area contributed by atoms with Gasteiger partial charge in [-0.15, -0.1) is 16.4 Å². The number of anilines is 1. The summed E-state index contributed by atoms with van der Waals surface area (Å²) in [7, 11) is 1.56. The zero-order valence-corrected chi connectivity index (χ0v) is 17.5. The van der Waals surface area contributed by atoms with Crippen molar-refractivity contribution in [3.05, 3.63) is 73.1 Å². The molecule has 162 valence electrons. The van der Waals surface area contributed by atoms with Gasteiger partial charge in [0.25, 0.3) is 23.2 Å². The van der Waals surface area contributed by atoms with Crippen LogP contribution in [0.3, 0.4) is 0 Å². The number of nitro groups is 2. The maximum Gasteiger partial charge on any atom is 0.279 e. The molecule has 2 aromatic heterocycles. The summed E-state index contributed by atoms with van der Waals surface area (Å²) >= 11 is 1.30. The van der Waals surface area contributed by atoms with Crippen LogP contribution in [-0.2, 0) is 0 Å². The predicted octanol–water partition coefficient (Wildman–Crippen LogP) is 3.84. The van der Waals surface area contributed by atoms with Gasteiger partial charge in [-0.2, -0.15) is 4.98 Å². The van der Waals surface area contributed by atoms with Crippen molar-refractivity contribution in [3.8, 4) is 17.0 Å². The van der Waals surface area contributed by atoms with Crippen LogP contribution in [0.25, 0.3) is 16.2 Å². The third-order valence-corrected chi connectivity index (χ3v) is 5.50. The normalized spacial score (nSPS) is 10.8. The molecule has 0 saturated heterocycles. The van der Waals surface area contributed by atoms with Crippen LogP contribution in [0.5, 0.6) is 5.75 Å². The van der Waals surface area contributed by atoms with Crippen LogP contribution in [0, 0.1) is 27.2 Å². The van der Waals surface area contributed by atoms with E-state index in [-0.39, 0.29) is 17.1 Å². The summed E-state index contributed by atoms with van der Waals surface area (Å²) < 4.78 is 6.78. The second-order valence-electron chi connectivity index (χ2n) is 6.59. The van der Waals surface area contributed by atoms with Gasteiger partial charge in [0, 0.05) is 23.1 Å². The van der Waals surface area contributed by atoms with Crippen molar-refractivity contribution in [2.75, 3.05) is 12.4 Å². The van der Waals surface area contributed by atoms with Gasteiger partial charge in [-0.05, 0) is 19.1 Å². The molecule has 4 rings (SSSR count). The lowest BCUT2D eigenvalue weighted by atomic mass is 10.1. The number of benzene rings is 2. The number of carbonyl (C=O) groups is 1. The van der Waals surface area contributed by atoms with Gasteiger partial charge in [0.05, 0.1) is 28.2 Å². The standard InChI is InChI=1S/C19H14N6O6S/c1-10-14(24(27)28)7-12(8-15(10)25(29)30)17(26)20-18-21-19-23(22-18)16(9-32-19)11-4-3-5-13(6-11)31-2/h3-9H,1-2H3,(H,20,22,26). The van der Waals surface area contributed by atoms with E-state index in [4.69, 9.17) is 4.74 Å². The second kappa shape index (κ2) is 8.03. The van der Waals surface area contributed by atoms with Crippen molar-refractivity contribution in [1.29, 1.82) is 0 Å². The maximum atomic E-state index is 12.7. The number of nitro benzene ring substituents is 2. The molecule has 0 aliphatic rings. The molecule has 2 aromatic carbocycles. The molecule has 0 radical (unpaired) electrons. The first kappa shape index (κ1) is 20.9. The van der Waals surface area contributed by atoms with Crippen LogP contribution < -0.4 is 10.1 Å². The SMILES string of the molecule is COc1cccc(-c2csc3nc(NC(=O)c4cc([N+](=O)[O-])c(C)c([N+](=O)[O-])c4)nn23)c1. The maximum absolute atomic E-state index is 12.7. The molecule has 2 heterocycles. The molecule has 1 N–H and O–H groups in total. The second-order valence-corrected chi connectivity index (χ2v) is 7.43. The smallest absolute Gasteiger partial charge is 0.279 e. The lowest BCUT2D eigenvalue weighted by Gasteiger charge is -2.04. The number of rotatable bonds is 6. The Morgan fingerprint density at radius 1 is 1.16 bits per heavy atom. The Kier molecular flexibility index (Phi) is 5.24. The first-order valence-corrected chi connectivity index (χ1v) is 9.90. The van der Waals surface area contributed by atoms with Crippen LogP contribution in [0.1, 0.15) is 15.9 Å². The van der Waals surface area contributed by atoms with Crippen molar-refractivity contribution in [1.82, 2.24) is 14.6 Å². The number of nitrogens with zero attached hydrogens (tertiary/aromatic N) is 5. The lowest BCUT2D eigenvalue weighted by molar-refractivity contribution is -0.395. The zero-order valence-electron chi connectivity index (χ0n) is 16.6. The van der Waals surface area contributed by atoms with E-state index in [0.717, 1.165) is 23.4 Å². The van der Waals surface area contributed by atoms with E-state index in [0.29, 0.717) is 10.7 Å². The third-order valence-electron chi connectivity index (χ3n) is 4.68. The highest BCUT2D eigenvalue weighted by atomic mass is 32.1. The van der Waals surface area contributed by atoms with Crippen molar-refractivity contribution in [2.24, 2.45) is 0 Å². The van der Waals surface area contributed by atoms with Crippen LogP contribution in [0.4, 0.5) is 17.3 Å². The molecular formula is C19H14N6O6S. The third kappa shape index (κ3) is 3.72. The summed E-state index contributed by atoms with van der Waals surface area (Å²) in [4.78, 5) is 38.3. The van der Waals surface area contributed by atoms with E-state index < -0.39 is 27.1 Å². The number of aromatic nitrogens is 3. The Bertz CT molecular complexity index is 1360. The number of hydrogen-bond acceptors (Lipinski definition) is 9. The molecule has 0 saturated carbocycles. The van der Waals surface area contributed by atoms with Gasteiger partial charge in [0.2, 0.25) is 4.96 Å². The van der Waals surface area contributed by atoms with E-state index in [9.17, 15) is 25.0 Å². The van der Waals surface area contributed by atoms with Crippen molar-refractivity contribution in [2.45, 2.75) is 6.92 Å². The van der Waals surface area contributed by atoms with Gasteiger partial charge in [-0.1, -0.05) is 12.1 Å². The Balaban J connectivity index is 1.67. The van der Waals surface area contributed by atoms with E-state index >= 15 is 0 Å². The highest BCUT2D eigenvalue weighted by Crippen LogP contribution is 2.31. The first-order chi connectivity index (χ1) is 15.3. The number of amides is 1. The minimum atomic E-state index is -0.808. The first-order valence-electron chi connectivity index (χ1n) is 9.02. The van der Waals surface area contributed by atoms with Crippen LogP contribution in [0.2, 0.25) is 0 Å². The average molecular weight is 454 g/mol. The van der Waals surface area contributed by atoms with Crippen molar-refractivity contribution >= 4 is 39.5 Å². The molecule has 0 bridgehead atoms. The van der Waals surface area contributed by atoms with Crippen LogP contribution in [-0.4, -0.2) is 37.5 Å². The molecule has 0 spiro atoms. The summed E-state index contributed by atoms with van der Waals surface area (Å²) in [5.74, 6) is -0.188. The summed E-state index contributed by atoms with van der Waals surface area (Å²) in [6.45, 7) is 1.25. The van der Waals surface area contributed by atoms with Crippen LogP contribution >= 0.6 is 11.3 Å². The number of thiazole rings is 1. The molecule has 0 aliphatic heterocycles. The van der Waals surface area contributed by atoms with Gasteiger partial charge < -0.3 is 4.74 Å². The van der Waals surface area contributed by atoms with Gasteiger partial charge in [-0.25, -0.2) is 4.52 Å². The summed E-state index contributed by atoms with van der Waals surface area (Å²) in [5, 5.41) is 31.1. The number of carbonyl (C=O) groups excluding carboxylic acids is 1. The zero-order chi connectivity index (χ0) is 23.0. The number of nitrogens with one attached hydrogen (secondary N) is 1. The number of hydrogen-bond donors (Lipinski definition) is 1. The summed E-state index contributed by atoms with van der Waals surface area (Å²) in [6.07, 6.45) is 0. The molecule has 1 amide bonds. The molecule has 0 unspecified atom stereocenters. The fourth-order valence-corrected chi connectivity index (χ4v) is 3.91. The number of fused-ring (bicyclic) bond motifs is 1. The molecule has 12 nitrogen and oxygen atoms in total. The fourth-order valence-electron chi connectivity index (χ4n) is 3.08.